The Morgan fingerprint density at radius 3 is 2.80 bits per heavy atom. The molecular formula is C12H22O3. The number of carbonyl (C=O) groups is 1. The van der Waals surface area contributed by atoms with E-state index in [0.29, 0.717) is 12.5 Å². The van der Waals surface area contributed by atoms with Gasteiger partial charge in [0.05, 0.1) is 13.2 Å². The smallest absolute Gasteiger partial charge is 0.168 e. The minimum absolute atomic E-state index is 0.0882. The molecule has 0 aromatic rings. The Hall–Kier alpha value is -0.410. The van der Waals surface area contributed by atoms with Crippen molar-refractivity contribution < 1.29 is 14.3 Å². The fourth-order valence-electron chi connectivity index (χ4n) is 1.67. The van der Waals surface area contributed by atoms with E-state index in [4.69, 9.17) is 9.47 Å². The topological polar surface area (TPSA) is 35.5 Å². The molecule has 1 aliphatic rings. The average Bonchev–Trinajstić information content (AvgIpc) is 2.47. The van der Waals surface area contributed by atoms with Gasteiger partial charge >= 0.3 is 0 Å². The van der Waals surface area contributed by atoms with Crippen LogP contribution in [0, 0.1) is 11.8 Å². The lowest BCUT2D eigenvalue weighted by Crippen LogP contribution is -2.34. The van der Waals surface area contributed by atoms with Gasteiger partial charge < -0.3 is 9.47 Å². The first-order valence-corrected chi connectivity index (χ1v) is 5.74. The highest BCUT2D eigenvalue weighted by Gasteiger charge is 2.38. The summed E-state index contributed by atoms with van der Waals surface area (Å²) in [6.45, 7) is 9.07. The van der Waals surface area contributed by atoms with Gasteiger partial charge in [0.25, 0.3) is 0 Å². The molecule has 0 spiro atoms. The van der Waals surface area contributed by atoms with E-state index in [1.165, 1.54) is 0 Å². The summed E-state index contributed by atoms with van der Waals surface area (Å²) in [4.78, 5) is 11.0. The molecule has 1 saturated heterocycles. The number of hydrogen-bond acceptors (Lipinski definition) is 3. The second-order valence-electron chi connectivity index (χ2n) is 4.70. The Morgan fingerprint density at radius 2 is 2.33 bits per heavy atom. The van der Waals surface area contributed by atoms with Gasteiger partial charge in [0, 0.05) is 11.8 Å². The van der Waals surface area contributed by atoms with E-state index in [1.807, 2.05) is 13.8 Å². The van der Waals surface area contributed by atoms with Crippen LogP contribution in [-0.4, -0.2) is 24.8 Å². The molecule has 1 rings (SSSR count). The van der Waals surface area contributed by atoms with E-state index in [-0.39, 0.29) is 11.7 Å². The third-order valence-electron chi connectivity index (χ3n) is 3.47. The van der Waals surface area contributed by atoms with Crippen LogP contribution in [0.1, 0.15) is 40.5 Å². The maximum atomic E-state index is 11.0. The standard InChI is InChI=1S/C12H22O3/c1-9(11(3)13)5-7-14-12(4)10(2)6-8-15-12/h9-10H,5-8H2,1-4H3/t9-,10+,12-/m1/s1. The number of rotatable bonds is 5. The molecule has 0 bridgehead atoms. The van der Waals surface area contributed by atoms with Gasteiger partial charge in [-0.2, -0.15) is 0 Å². The van der Waals surface area contributed by atoms with E-state index in [2.05, 4.69) is 6.92 Å². The molecule has 0 N–H and O–H groups in total. The molecule has 1 aliphatic heterocycles. The highest BCUT2D eigenvalue weighted by atomic mass is 16.7. The summed E-state index contributed by atoms with van der Waals surface area (Å²) in [5.41, 5.74) is 0. The summed E-state index contributed by atoms with van der Waals surface area (Å²) in [5.74, 6) is 0.316. The largest absolute Gasteiger partial charge is 0.350 e. The van der Waals surface area contributed by atoms with Gasteiger partial charge in [-0.05, 0) is 26.7 Å². The zero-order chi connectivity index (χ0) is 11.5. The van der Waals surface area contributed by atoms with Crippen LogP contribution in [0.3, 0.4) is 0 Å². The number of ketones is 1. The molecule has 3 nitrogen and oxygen atoms in total. The van der Waals surface area contributed by atoms with Crippen molar-refractivity contribution in [2.75, 3.05) is 13.2 Å². The van der Waals surface area contributed by atoms with Crippen molar-refractivity contribution in [2.24, 2.45) is 11.8 Å². The second kappa shape index (κ2) is 5.08. The first kappa shape index (κ1) is 12.7. The minimum Gasteiger partial charge on any atom is -0.350 e. The molecule has 3 heteroatoms. The second-order valence-corrected chi connectivity index (χ2v) is 4.70. The highest BCUT2D eigenvalue weighted by molar-refractivity contribution is 5.77. The maximum Gasteiger partial charge on any atom is 0.168 e. The minimum atomic E-state index is -0.434. The van der Waals surface area contributed by atoms with Gasteiger partial charge in [-0.3, -0.25) is 4.79 Å². The summed E-state index contributed by atoms with van der Waals surface area (Å²) in [6, 6.07) is 0. The molecule has 0 aromatic carbocycles. The molecule has 0 aromatic heterocycles. The van der Waals surface area contributed by atoms with Crippen LogP contribution >= 0.6 is 0 Å². The number of ether oxygens (including phenoxy) is 2. The molecule has 1 heterocycles. The van der Waals surface area contributed by atoms with Gasteiger partial charge in [0.2, 0.25) is 0 Å². The van der Waals surface area contributed by atoms with E-state index in [0.717, 1.165) is 19.4 Å². The molecule has 1 fully saturated rings. The van der Waals surface area contributed by atoms with Crippen LogP contribution in [0.5, 0.6) is 0 Å². The van der Waals surface area contributed by atoms with Crippen molar-refractivity contribution in [1.29, 1.82) is 0 Å². The van der Waals surface area contributed by atoms with Gasteiger partial charge in [-0.1, -0.05) is 13.8 Å². The fourth-order valence-corrected chi connectivity index (χ4v) is 1.67. The van der Waals surface area contributed by atoms with Crippen molar-refractivity contribution in [3.8, 4) is 0 Å². The van der Waals surface area contributed by atoms with Crippen LogP contribution in [0.4, 0.5) is 0 Å². The zero-order valence-corrected chi connectivity index (χ0v) is 10.2. The van der Waals surface area contributed by atoms with Crippen molar-refractivity contribution >= 4 is 5.78 Å². The summed E-state index contributed by atoms with van der Waals surface area (Å²) in [5, 5.41) is 0. The van der Waals surface area contributed by atoms with E-state index in [9.17, 15) is 4.79 Å². The lowest BCUT2D eigenvalue weighted by Gasteiger charge is -2.28. The number of Topliss-reactive ketones (excluding diaryl/α,β-unsaturated/α-hetero) is 1. The van der Waals surface area contributed by atoms with Gasteiger partial charge in [-0.25, -0.2) is 0 Å². The molecule has 88 valence electrons. The monoisotopic (exact) mass is 214 g/mol. The van der Waals surface area contributed by atoms with E-state index >= 15 is 0 Å². The lowest BCUT2D eigenvalue weighted by atomic mass is 10.0. The maximum absolute atomic E-state index is 11.0. The molecule has 0 radical (unpaired) electrons. The summed E-state index contributed by atoms with van der Waals surface area (Å²) >= 11 is 0. The van der Waals surface area contributed by atoms with Gasteiger partial charge in [-0.15, -0.1) is 0 Å². The summed E-state index contributed by atoms with van der Waals surface area (Å²) in [7, 11) is 0. The lowest BCUT2D eigenvalue weighted by molar-refractivity contribution is -0.217. The van der Waals surface area contributed by atoms with Gasteiger partial charge in [0.15, 0.2) is 5.79 Å². The fraction of sp³-hybridized carbons (Fsp3) is 0.917. The van der Waals surface area contributed by atoms with Crippen LogP contribution < -0.4 is 0 Å². The predicted molar refractivity (Wildman–Crippen MR) is 58.6 cm³/mol. The van der Waals surface area contributed by atoms with Crippen molar-refractivity contribution in [1.82, 2.24) is 0 Å². The third-order valence-corrected chi connectivity index (χ3v) is 3.47. The van der Waals surface area contributed by atoms with Crippen molar-refractivity contribution in [3.63, 3.8) is 0 Å². The number of hydrogen-bond donors (Lipinski definition) is 0. The van der Waals surface area contributed by atoms with Crippen LogP contribution in [0.2, 0.25) is 0 Å². The quantitative estimate of drug-likeness (QED) is 0.705. The summed E-state index contributed by atoms with van der Waals surface area (Å²) in [6.07, 6.45) is 1.83. The van der Waals surface area contributed by atoms with Gasteiger partial charge in [0.1, 0.15) is 5.78 Å². The molecule has 15 heavy (non-hydrogen) atoms. The van der Waals surface area contributed by atoms with E-state index < -0.39 is 5.79 Å². The van der Waals surface area contributed by atoms with Crippen LogP contribution in [-0.2, 0) is 14.3 Å². The molecule has 0 aliphatic carbocycles. The Morgan fingerprint density at radius 1 is 1.67 bits per heavy atom. The Kier molecular flexibility index (Phi) is 4.29. The Balaban J connectivity index is 2.28. The molecule has 0 unspecified atom stereocenters. The Bertz CT molecular complexity index is 227. The average molecular weight is 214 g/mol. The summed E-state index contributed by atoms with van der Waals surface area (Å²) < 4.78 is 11.3. The SMILES string of the molecule is CC(=O)[C@H](C)CCO[C@]1(C)OCC[C@@H]1C. The zero-order valence-electron chi connectivity index (χ0n) is 10.2. The molecule has 0 amide bonds. The highest BCUT2D eigenvalue weighted by Crippen LogP contribution is 2.32. The Labute approximate surface area is 92.1 Å². The van der Waals surface area contributed by atoms with Crippen LogP contribution in [0.15, 0.2) is 0 Å². The van der Waals surface area contributed by atoms with E-state index in [1.54, 1.807) is 6.92 Å². The first-order chi connectivity index (χ1) is 6.96. The third kappa shape index (κ3) is 3.28. The molecule has 0 saturated carbocycles. The number of carbonyl (C=O) groups excluding carboxylic acids is 1. The molecule has 3 atom stereocenters. The van der Waals surface area contributed by atoms with Crippen molar-refractivity contribution in [3.05, 3.63) is 0 Å². The molecular weight excluding hydrogens is 192 g/mol. The van der Waals surface area contributed by atoms with Crippen LogP contribution in [0.25, 0.3) is 0 Å². The normalized spacial score (nSPS) is 32.9. The van der Waals surface area contributed by atoms with Crippen molar-refractivity contribution in [2.45, 2.75) is 46.3 Å². The predicted octanol–water partition coefficient (Wildman–Crippen LogP) is 2.39. The first-order valence-electron chi connectivity index (χ1n) is 5.74.